The molecule has 1 aromatic heterocycles. The van der Waals surface area contributed by atoms with E-state index in [-0.39, 0.29) is 16.3 Å². The van der Waals surface area contributed by atoms with Gasteiger partial charge in [-0.15, -0.1) is 0 Å². The minimum Gasteiger partial charge on any atom is -0.459 e. The molecule has 3 rings (SSSR count). The van der Waals surface area contributed by atoms with Gasteiger partial charge in [-0.25, -0.2) is 8.42 Å². The Morgan fingerprint density at radius 2 is 1.77 bits per heavy atom. The third-order valence-corrected chi connectivity index (χ3v) is 6.58. The molecule has 0 spiro atoms. The van der Waals surface area contributed by atoms with Gasteiger partial charge in [-0.05, 0) is 49.4 Å². The molecule has 8 heteroatoms. The molecule has 1 N–H and O–H groups in total. The number of aryl methyl sites for hydroxylation is 1. The fourth-order valence-electron chi connectivity index (χ4n) is 2.89. The van der Waals surface area contributed by atoms with Crippen molar-refractivity contribution >= 4 is 21.6 Å². The third-order valence-electron chi connectivity index (χ3n) is 4.54. The second-order valence-corrected chi connectivity index (χ2v) is 8.53. The number of sulfonamides is 1. The van der Waals surface area contributed by atoms with Crippen LogP contribution in [0.5, 0.6) is 11.5 Å². The fourth-order valence-corrected chi connectivity index (χ4v) is 4.38. The van der Waals surface area contributed by atoms with Crippen LogP contribution >= 0.6 is 0 Å². The van der Waals surface area contributed by atoms with E-state index in [2.05, 4.69) is 5.32 Å². The average molecular weight is 429 g/mol. The number of amides is 1. The number of hydrogen-bond donors (Lipinski definition) is 1. The summed E-state index contributed by atoms with van der Waals surface area (Å²) >= 11 is 0. The molecule has 0 saturated carbocycles. The summed E-state index contributed by atoms with van der Waals surface area (Å²) in [5, 5.41) is 2.69. The molecule has 1 amide bonds. The van der Waals surface area contributed by atoms with Crippen LogP contribution in [0.4, 0.5) is 5.69 Å². The predicted molar refractivity (Wildman–Crippen MR) is 114 cm³/mol. The molecule has 0 aliphatic heterocycles. The number of ether oxygens (including phenoxy) is 1. The lowest BCUT2D eigenvalue weighted by Gasteiger charge is -2.20. The summed E-state index contributed by atoms with van der Waals surface area (Å²) in [7, 11) is -3.71. The molecule has 0 bridgehead atoms. The van der Waals surface area contributed by atoms with Gasteiger partial charge in [0, 0.05) is 13.1 Å². The molecule has 0 saturated heterocycles. The predicted octanol–water partition coefficient (Wildman–Crippen LogP) is 4.66. The Morgan fingerprint density at radius 3 is 2.37 bits per heavy atom. The van der Waals surface area contributed by atoms with Crippen LogP contribution in [0.1, 0.15) is 30.0 Å². The molecule has 0 atom stereocenters. The average Bonchev–Trinajstić information content (AvgIpc) is 3.26. The van der Waals surface area contributed by atoms with Gasteiger partial charge in [-0.1, -0.05) is 31.5 Å². The summed E-state index contributed by atoms with van der Waals surface area (Å²) in [6, 6.07) is 14.9. The number of carbonyl (C=O) groups excluding carboxylic acids is 1. The van der Waals surface area contributed by atoms with E-state index in [1.807, 2.05) is 19.1 Å². The number of furan rings is 1. The minimum atomic E-state index is -3.71. The van der Waals surface area contributed by atoms with Crippen molar-refractivity contribution in [3.05, 3.63) is 72.2 Å². The zero-order chi connectivity index (χ0) is 21.7. The van der Waals surface area contributed by atoms with Crippen molar-refractivity contribution in [1.82, 2.24) is 4.31 Å². The summed E-state index contributed by atoms with van der Waals surface area (Å²) in [5.74, 6) is 0.477. The first kappa shape index (κ1) is 21.6. The summed E-state index contributed by atoms with van der Waals surface area (Å²) in [6.07, 6.45) is 1.39. The maximum atomic E-state index is 12.9. The number of nitrogens with one attached hydrogen (secondary N) is 1. The molecular weight excluding hydrogens is 404 g/mol. The topological polar surface area (TPSA) is 88.9 Å². The van der Waals surface area contributed by atoms with E-state index in [1.165, 1.54) is 34.8 Å². The number of nitrogens with zero attached hydrogens (tertiary/aromatic N) is 1. The quantitative estimate of drug-likeness (QED) is 0.563. The summed E-state index contributed by atoms with van der Waals surface area (Å²) in [4.78, 5) is 12.6. The summed E-state index contributed by atoms with van der Waals surface area (Å²) in [5.41, 5.74) is 1.31. The van der Waals surface area contributed by atoms with Gasteiger partial charge in [0.1, 0.15) is 5.75 Å². The van der Waals surface area contributed by atoms with Crippen LogP contribution in [0.15, 0.2) is 70.2 Å². The van der Waals surface area contributed by atoms with E-state index in [0.29, 0.717) is 24.6 Å². The van der Waals surface area contributed by atoms with Gasteiger partial charge < -0.3 is 14.5 Å². The Morgan fingerprint density at radius 1 is 1.07 bits per heavy atom. The van der Waals surface area contributed by atoms with Crippen molar-refractivity contribution in [1.29, 1.82) is 0 Å². The van der Waals surface area contributed by atoms with E-state index in [4.69, 9.17) is 9.15 Å². The van der Waals surface area contributed by atoms with E-state index >= 15 is 0 Å². The van der Waals surface area contributed by atoms with E-state index in [0.717, 1.165) is 5.56 Å². The molecule has 0 aliphatic rings. The number of hydrogen-bond acceptors (Lipinski definition) is 5. The highest BCUT2D eigenvalue weighted by Crippen LogP contribution is 2.33. The molecule has 2 aromatic carbocycles. The van der Waals surface area contributed by atoms with Gasteiger partial charge in [-0.3, -0.25) is 4.79 Å². The molecule has 1 heterocycles. The smallest absolute Gasteiger partial charge is 0.291 e. The van der Waals surface area contributed by atoms with Crippen LogP contribution in [-0.4, -0.2) is 31.7 Å². The van der Waals surface area contributed by atoms with Crippen LogP contribution in [0, 0.1) is 6.92 Å². The first-order valence-corrected chi connectivity index (χ1v) is 11.0. The Hall–Kier alpha value is -3.10. The number of carbonyl (C=O) groups is 1. The Labute approximate surface area is 176 Å². The Kier molecular flexibility index (Phi) is 6.59. The van der Waals surface area contributed by atoms with E-state index in [9.17, 15) is 13.2 Å². The lowest BCUT2D eigenvalue weighted by atomic mass is 10.2. The minimum absolute atomic E-state index is 0.0669. The lowest BCUT2D eigenvalue weighted by Crippen LogP contribution is -2.30. The van der Waals surface area contributed by atoms with Crippen molar-refractivity contribution in [3.63, 3.8) is 0 Å². The highest BCUT2D eigenvalue weighted by molar-refractivity contribution is 7.89. The Balaban J connectivity index is 2.00. The van der Waals surface area contributed by atoms with Crippen molar-refractivity contribution < 1.29 is 22.4 Å². The Bertz CT molecular complexity index is 1100. The lowest BCUT2D eigenvalue weighted by molar-refractivity contribution is 0.0996. The molecule has 0 radical (unpaired) electrons. The third kappa shape index (κ3) is 4.72. The highest BCUT2D eigenvalue weighted by atomic mass is 32.2. The van der Waals surface area contributed by atoms with Gasteiger partial charge in [-0.2, -0.15) is 4.31 Å². The van der Waals surface area contributed by atoms with Crippen molar-refractivity contribution in [3.8, 4) is 11.5 Å². The van der Waals surface area contributed by atoms with Gasteiger partial charge in [0.15, 0.2) is 11.5 Å². The molecule has 30 heavy (non-hydrogen) atoms. The van der Waals surface area contributed by atoms with Gasteiger partial charge in [0.25, 0.3) is 5.91 Å². The normalized spacial score (nSPS) is 11.5. The van der Waals surface area contributed by atoms with Crippen LogP contribution in [0.3, 0.4) is 0 Å². The zero-order valence-corrected chi connectivity index (χ0v) is 17.9. The maximum absolute atomic E-state index is 12.9. The van der Waals surface area contributed by atoms with Crippen molar-refractivity contribution in [2.75, 3.05) is 18.4 Å². The SMILES string of the molecule is CCN(CC)S(=O)(=O)c1ccc(Oc2ccc(C)cc2)c(NC(=O)c2ccco2)c1. The van der Waals surface area contributed by atoms with Crippen molar-refractivity contribution in [2.45, 2.75) is 25.7 Å². The number of rotatable bonds is 8. The number of anilines is 1. The summed E-state index contributed by atoms with van der Waals surface area (Å²) in [6.45, 7) is 6.19. The van der Waals surface area contributed by atoms with Crippen LogP contribution in [-0.2, 0) is 10.0 Å². The summed E-state index contributed by atoms with van der Waals surface area (Å²) < 4.78 is 38.2. The highest BCUT2D eigenvalue weighted by Gasteiger charge is 2.24. The van der Waals surface area contributed by atoms with E-state index < -0.39 is 15.9 Å². The molecule has 3 aromatic rings. The zero-order valence-electron chi connectivity index (χ0n) is 17.1. The first-order valence-electron chi connectivity index (χ1n) is 9.58. The standard InChI is InChI=1S/C22H24N2O5S/c1-4-24(5-2)30(26,27)18-12-13-20(29-17-10-8-16(3)9-11-17)19(15-18)23-22(25)21-7-6-14-28-21/h6-15H,4-5H2,1-3H3,(H,23,25). The monoisotopic (exact) mass is 428 g/mol. The van der Waals surface area contributed by atoms with E-state index in [1.54, 1.807) is 32.0 Å². The molecule has 0 unspecified atom stereocenters. The molecular formula is C22H24N2O5S. The van der Waals surface area contributed by atoms with Crippen molar-refractivity contribution in [2.24, 2.45) is 0 Å². The second-order valence-electron chi connectivity index (χ2n) is 6.59. The van der Waals surface area contributed by atoms with Crippen LogP contribution in [0.25, 0.3) is 0 Å². The molecule has 7 nitrogen and oxygen atoms in total. The van der Waals surface area contributed by atoms with Crippen LogP contribution < -0.4 is 10.1 Å². The molecule has 158 valence electrons. The van der Waals surface area contributed by atoms with Gasteiger partial charge in [0.05, 0.1) is 16.8 Å². The molecule has 0 aliphatic carbocycles. The molecule has 0 fully saturated rings. The second kappa shape index (κ2) is 9.15. The largest absolute Gasteiger partial charge is 0.459 e. The fraction of sp³-hybridized carbons (Fsp3) is 0.227. The number of benzene rings is 2. The van der Waals surface area contributed by atoms with Crippen LogP contribution in [0.2, 0.25) is 0 Å². The first-order chi connectivity index (χ1) is 14.3. The van der Waals surface area contributed by atoms with Gasteiger partial charge in [0.2, 0.25) is 10.0 Å². The maximum Gasteiger partial charge on any atom is 0.291 e. The van der Waals surface area contributed by atoms with Gasteiger partial charge >= 0.3 is 0 Å².